The van der Waals surface area contributed by atoms with Crippen molar-refractivity contribution in [3.8, 4) is 28.4 Å². The molecule has 3 aromatic carbocycles. The summed E-state index contributed by atoms with van der Waals surface area (Å²) in [7, 11) is -0.0656. The van der Waals surface area contributed by atoms with E-state index in [1.165, 1.54) is 20.3 Å². The van der Waals surface area contributed by atoms with Crippen molar-refractivity contribution in [2.75, 3.05) is 18.5 Å². The molecule has 0 aliphatic carbocycles. The van der Waals surface area contributed by atoms with Crippen molar-refractivity contribution in [3.05, 3.63) is 66.2 Å². The molecule has 0 radical (unpaired) electrons. The number of anilines is 2. The Kier molecular flexibility index (Phi) is 6.12. The fourth-order valence-corrected chi connectivity index (χ4v) is 3.63. The minimum Gasteiger partial charge on any atom is -0.507 e. The molecule has 0 aliphatic rings. The van der Waals surface area contributed by atoms with Crippen LogP contribution in [-0.2, 0) is 10.9 Å². The van der Waals surface area contributed by atoms with Gasteiger partial charge in [-0.1, -0.05) is 18.2 Å². The molecule has 0 aliphatic heterocycles. The smallest absolute Gasteiger partial charge is 0.339 e. The summed E-state index contributed by atoms with van der Waals surface area (Å²) in [6.07, 6.45) is 0. The number of rotatable bonds is 7. The van der Waals surface area contributed by atoms with Crippen LogP contribution in [0.5, 0.6) is 17.2 Å². The Labute approximate surface area is 174 Å². The molecule has 3 aromatic rings. The summed E-state index contributed by atoms with van der Waals surface area (Å²) < 4.78 is 35.5. The highest BCUT2D eigenvalue weighted by atomic mass is 32.2. The van der Waals surface area contributed by atoms with E-state index in [2.05, 4.69) is 0 Å². The fraction of sp³-hybridized carbons (Fsp3) is 0.0952. The van der Waals surface area contributed by atoms with Crippen LogP contribution < -0.4 is 13.8 Å². The molecule has 0 saturated heterocycles. The van der Waals surface area contributed by atoms with E-state index in [1.54, 1.807) is 30.3 Å². The van der Waals surface area contributed by atoms with Crippen molar-refractivity contribution in [1.29, 1.82) is 0 Å². The number of carboxylic acids is 1. The maximum absolute atomic E-state index is 12.0. The van der Waals surface area contributed by atoms with Crippen LogP contribution in [0.15, 0.2) is 60.7 Å². The number of benzene rings is 3. The highest BCUT2D eigenvalue weighted by Crippen LogP contribution is 2.35. The monoisotopic (exact) mass is 429 g/mol. The summed E-state index contributed by atoms with van der Waals surface area (Å²) in [5.41, 5.74) is 1.61. The van der Waals surface area contributed by atoms with Crippen LogP contribution >= 0.6 is 0 Å². The van der Waals surface area contributed by atoms with E-state index in [0.29, 0.717) is 17.2 Å². The van der Waals surface area contributed by atoms with Crippen LogP contribution in [0.1, 0.15) is 10.4 Å². The highest BCUT2D eigenvalue weighted by molar-refractivity contribution is 7.74. The second-order valence-electron chi connectivity index (χ2n) is 6.18. The van der Waals surface area contributed by atoms with Gasteiger partial charge in [0.15, 0.2) is 11.5 Å². The maximum Gasteiger partial charge on any atom is 0.339 e. The topological polar surface area (TPSA) is 113 Å². The van der Waals surface area contributed by atoms with E-state index in [0.717, 1.165) is 27.6 Å². The number of phenols is 1. The number of nitrogens with zero attached hydrogens (tertiary/aromatic N) is 1. The molecular weight excluding hydrogens is 410 g/mol. The van der Waals surface area contributed by atoms with Gasteiger partial charge in [0.05, 0.1) is 25.6 Å². The first kappa shape index (κ1) is 21.0. The second-order valence-corrected chi connectivity index (χ2v) is 7.05. The Morgan fingerprint density at radius 1 is 0.867 bits per heavy atom. The minimum atomic E-state index is -3.12. The number of aromatic hydroxyl groups is 1. The normalized spacial score (nSPS) is 10.6. The number of carbonyl (C=O) groups is 1. The number of hydrogen-bond acceptors (Lipinski definition) is 6. The Bertz CT molecular complexity index is 1170. The molecule has 30 heavy (non-hydrogen) atoms. The zero-order valence-electron chi connectivity index (χ0n) is 16.1. The third-order valence-corrected chi connectivity index (χ3v) is 5.22. The van der Waals surface area contributed by atoms with Gasteiger partial charge in [0.1, 0.15) is 11.3 Å². The first-order valence-corrected chi connectivity index (χ1v) is 9.82. The van der Waals surface area contributed by atoms with E-state index in [9.17, 15) is 18.3 Å². The summed E-state index contributed by atoms with van der Waals surface area (Å²) in [5, 5.41) is 19.0. The summed E-state index contributed by atoms with van der Waals surface area (Å²) in [4.78, 5) is 11.1. The molecule has 0 atom stereocenters. The molecule has 0 saturated carbocycles. The average Bonchev–Trinajstić information content (AvgIpc) is 2.73. The lowest BCUT2D eigenvalue weighted by atomic mass is 10.0. The van der Waals surface area contributed by atoms with Crippen molar-refractivity contribution >= 4 is 28.2 Å². The molecule has 0 fully saturated rings. The molecule has 2 N–H and O–H groups in total. The van der Waals surface area contributed by atoms with Gasteiger partial charge in [-0.25, -0.2) is 17.5 Å². The predicted molar refractivity (Wildman–Crippen MR) is 113 cm³/mol. The van der Waals surface area contributed by atoms with Crippen LogP contribution in [-0.4, -0.2) is 38.8 Å². The van der Waals surface area contributed by atoms with Crippen molar-refractivity contribution in [2.24, 2.45) is 0 Å². The highest BCUT2D eigenvalue weighted by Gasteiger charge is 2.17. The van der Waals surface area contributed by atoms with Crippen LogP contribution in [0.2, 0.25) is 0 Å². The molecule has 3 rings (SSSR count). The molecule has 156 valence electrons. The average molecular weight is 429 g/mol. The van der Waals surface area contributed by atoms with E-state index < -0.39 is 22.6 Å². The molecule has 0 aromatic heterocycles. The molecule has 0 bridgehead atoms. The second kappa shape index (κ2) is 8.75. The van der Waals surface area contributed by atoms with Gasteiger partial charge >= 0.3 is 5.97 Å². The summed E-state index contributed by atoms with van der Waals surface area (Å²) >= 11 is 0. The van der Waals surface area contributed by atoms with Crippen LogP contribution in [0, 0.1) is 0 Å². The lowest BCUT2D eigenvalue weighted by Crippen LogP contribution is -2.14. The molecule has 0 amide bonds. The number of carboxylic acid groups (broad SMARTS) is 1. The van der Waals surface area contributed by atoms with Crippen molar-refractivity contribution in [1.82, 2.24) is 0 Å². The number of thiol groups is 1. The number of ether oxygens (including phenoxy) is 2. The Balaban J connectivity index is 2.06. The Hall–Kier alpha value is -3.72. The molecule has 0 unspecified atom stereocenters. The largest absolute Gasteiger partial charge is 0.507 e. The Morgan fingerprint density at radius 3 is 2.13 bits per heavy atom. The first-order valence-electron chi connectivity index (χ1n) is 8.69. The third kappa shape index (κ3) is 4.15. The van der Waals surface area contributed by atoms with Gasteiger partial charge in [-0.15, -0.1) is 0 Å². The van der Waals surface area contributed by atoms with Gasteiger partial charge < -0.3 is 19.7 Å². The quantitative estimate of drug-likeness (QED) is 0.493. The van der Waals surface area contributed by atoms with Gasteiger partial charge in [0.2, 0.25) is 10.9 Å². The van der Waals surface area contributed by atoms with E-state index in [1.807, 2.05) is 12.1 Å². The molecule has 8 nitrogen and oxygen atoms in total. The van der Waals surface area contributed by atoms with Gasteiger partial charge in [-0.2, -0.15) is 0 Å². The summed E-state index contributed by atoms with van der Waals surface area (Å²) in [6.45, 7) is 0. The third-order valence-electron chi connectivity index (χ3n) is 4.43. The van der Waals surface area contributed by atoms with E-state index in [-0.39, 0.29) is 11.3 Å². The molecule has 0 spiro atoms. The lowest BCUT2D eigenvalue weighted by Gasteiger charge is -2.19. The van der Waals surface area contributed by atoms with Gasteiger partial charge in [-0.3, -0.25) is 0 Å². The SMILES string of the molecule is COc1ccc(-c2cccc(N(c3ccc(C(=O)O)c(O)c3)[SH](=O)=O)c2)cc1OC. The molecular formula is C21H19NO7S. The van der Waals surface area contributed by atoms with Gasteiger partial charge in [-0.05, 0) is 47.5 Å². The van der Waals surface area contributed by atoms with E-state index >= 15 is 0 Å². The maximum atomic E-state index is 12.0. The van der Waals surface area contributed by atoms with E-state index in [4.69, 9.17) is 14.6 Å². The van der Waals surface area contributed by atoms with Crippen molar-refractivity contribution < 1.29 is 32.9 Å². The summed E-state index contributed by atoms with van der Waals surface area (Å²) in [5.74, 6) is -0.748. The van der Waals surface area contributed by atoms with Crippen molar-refractivity contribution in [2.45, 2.75) is 0 Å². The standard InChI is InChI=1S/C21H19NO7S/c1-28-19-9-6-14(11-20(19)29-2)13-4-3-5-15(10-13)22(30(26)27)16-7-8-17(21(24)25)18(23)12-16/h3-12,23,30H,1-2H3,(H,24,25). The predicted octanol–water partition coefficient (Wildman–Crippen LogP) is 3.44. The van der Waals surface area contributed by atoms with Crippen LogP contribution in [0.4, 0.5) is 11.4 Å². The number of methoxy groups -OCH3 is 2. The van der Waals surface area contributed by atoms with Crippen LogP contribution in [0.25, 0.3) is 11.1 Å². The first-order chi connectivity index (χ1) is 14.3. The minimum absolute atomic E-state index is 0.109. The fourth-order valence-electron chi connectivity index (χ4n) is 3.00. The molecule has 0 heterocycles. The van der Waals surface area contributed by atoms with Gasteiger partial charge in [0.25, 0.3) is 0 Å². The van der Waals surface area contributed by atoms with Gasteiger partial charge in [0, 0.05) is 6.07 Å². The van der Waals surface area contributed by atoms with Crippen LogP contribution in [0.3, 0.4) is 0 Å². The Morgan fingerprint density at radius 2 is 1.53 bits per heavy atom. The number of hydrogen-bond donors (Lipinski definition) is 3. The lowest BCUT2D eigenvalue weighted by molar-refractivity contribution is 0.0693. The number of aromatic carboxylic acids is 1. The molecule has 9 heteroatoms. The van der Waals surface area contributed by atoms with Crippen molar-refractivity contribution in [3.63, 3.8) is 0 Å². The summed E-state index contributed by atoms with van der Waals surface area (Å²) in [6, 6.07) is 15.7. The zero-order chi connectivity index (χ0) is 21.8. The zero-order valence-corrected chi connectivity index (χ0v) is 17.0.